The van der Waals surface area contributed by atoms with Gasteiger partial charge in [-0.3, -0.25) is 4.79 Å². The summed E-state index contributed by atoms with van der Waals surface area (Å²) in [6, 6.07) is 0.200. The molecular formula is C15H28N2O2. The molecule has 1 saturated heterocycles. The van der Waals surface area contributed by atoms with Gasteiger partial charge in [0.25, 0.3) is 0 Å². The van der Waals surface area contributed by atoms with Gasteiger partial charge in [-0.2, -0.15) is 0 Å². The van der Waals surface area contributed by atoms with Crippen molar-refractivity contribution in [1.29, 1.82) is 0 Å². The first-order valence-corrected chi connectivity index (χ1v) is 7.90. The molecule has 2 N–H and O–H groups in total. The van der Waals surface area contributed by atoms with Crippen molar-refractivity contribution in [1.82, 2.24) is 10.6 Å². The molecular weight excluding hydrogens is 240 g/mol. The first-order valence-electron chi connectivity index (χ1n) is 7.90. The van der Waals surface area contributed by atoms with Crippen LogP contribution in [0.2, 0.25) is 0 Å². The highest BCUT2D eigenvalue weighted by atomic mass is 16.5. The Labute approximate surface area is 116 Å². The molecule has 1 heterocycles. The highest BCUT2D eigenvalue weighted by Gasteiger charge is 2.33. The average Bonchev–Trinajstić information content (AvgIpc) is 2.92. The lowest BCUT2D eigenvalue weighted by Gasteiger charge is -2.24. The van der Waals surface area contributed by atoms with E-state index in [0.29, 0.717) is 19.1 Å². The van der Waals surface area contributed by atoms with Crippen LogP contribution < -0.4 is 10.6 Å². The molecule has 1 aliphatic heterocycles. The number of ether oxygens (including phenoxy) is 1. The third-order valence-corrected chi connectivity index (χ3v) is 4.36. The van der Waals surface area contributed by atoms with Crippen molar-refractivity contribution in [2.75, 3.05) is 26.3 Å². The van der Waals surface area contributed by atoms with E-state index in [1.54, 1.807) is 0 Å². The van der Waals surface area contributed by atoms with E-state index < -0.39 is 0 Å². The number of rotatable bonds is 6. The Morgan fingerprint density at radius 2 is 2.00 bits per heavy atom. The lowest BCUT2D eigenvalue weighted by Crippen LogP contribution is -2.45. The van der Waals surface area contributed by atoms with Crippen molar-refractivity contribution in [2.45, 2.75) is 51.5 Å². The highest BCUT2D eigenvalue weighted by molar-refractivity contribution is 5.79. The lowest BCUT2D eigenvalue weighted by molar-refractivity contribution is -0.125. The predicted octanol–water partition coefficient (Wildman–Crippen LogP) is 1.70. The Hall–Kier alpha value is -0.610. The first kappa shape index (κ1) is 14.8. The standard InChI is InChI=1S/C15H28N2O2/c1-2-8-16-14-11-19-10-13(14)15(18)17-9-12-6-4-3-5-7-12/h12-14,16H,2-11H2,1H3,(H,17,18). The second-order valence-electron chi connectivity index (χ2n) is 5.95. The minimum absolute atomic E-state index is 0.00450. The Bertz CT molecular complexity index is 277. The van der Waals surface area contributed by atoms with Crippen molar-refractivity contribution < 1.29 is 9.53 Å². The molecule has 4 nitrogen and oxygen atoms in total. The van der Waals surface area contributed by atoms with Gasteiger partial charge in [0.15, 0.2) is 0 Å². The van der Waals surface area contributed by atoms with Crippen LogP contribution in [-0.2, 0) is 9.53 Å². The molecule has 2 fully saturated rings. The molecule has 110 valence electrons. The highest BCUT2D eigenvalue weighted by Crippen LogP contribution is 2.23. The summed E-state index contributed by atoms with van der Waals surface area (Å²) < 4.78 is 5.46. The fourth-order valence-electron chi connectivity index (χ4n) is 3.11. The van der Waals surface area contributed by atoms with Gasteiger partial charge in [0, 0.05) is 12.6 Å². The average molecular weight is 268 g/mol. The van der Waals surface area contributed by atoms with Gasteiger partial charge in [-0.1, -0.05) is 26.2 Å². The van der Waals surface area contributed by atoms with E-state index in [-0.39, 0.29) is 17.9 Å². The smallest absolute Gasteiger partial charge is 0.227 e. The monoisotopic (exact) mass is 268 g/mol. The Morgan fingerprint density at radius 1 is 1.21 bits per heavy atom. The zero-order valence-electron chi connectivity index (χ0n) is 12.1. The van der Waals surface area contributed by atoms with Crippen molar-refractivity contribution >= 4 is 5.91 Å². The number of nitrogens with one attached hydrogen (secondary N) is 2. The third-order valence-electron chi connectivity index (χ3n) is 4.36. The van der Waals surface area contributed by atoms with E-state index in [0.717, 1.165) is 19.5 Å². The molecule has 0 spiro atoms. The molecule has 0 aromatic carbocycles. The second kappa shape index (κ2) is 7.85. The van der Waals surface area contributed by atoms with Gasteiger partial charge in [-0.25, -0.2) is 0 Å². The molecule has 1 aliphatic carbocycles. The molecule has 2 unspecified atom stereocenters. The number of carbonyl (C=O) groups excluding carboxylic acids is 1. The van der Waals surface area contributed by atoms with Crippen molar-refractivity contribution in [2.24, 2.45) is 11.8 Å². The summed E-state index contributed by atoms with van der Waals surface area (Å²) in [6.07, 6.45) is 7.66. The number of hydrogen-bond donors (Lipinski definition) is 2. The molecule has 19 heavy (non-hydrogen) atoms. The van der Waals surface area contributed by atoms with E-state index in [4.69, 9.17) is 4.74 Å². The van der Waals surface area contributed by atoms with Gasteiger partial charge >= 0.3 is 0 Å². The number of hydrogen-bond acceptors (Lipinski definition) is 3. The molecule has 0 bridgehead atoms. The van der Waals surface area contributed by atoms with Crippen molar-refractivity contribution in [3.63, 3.8) is 0 Å². The van der Waals surface area contributed by atoms with Gasteiger partial charge in [0.1, 0.15) is 0 Å². The molecule has 0 aromatic rings. The maximum atomic E-state index is 12.2. The summed E-state index contributed by atoms with van der Waals surface area (Å²) in [5.74, 6) is 0.869. The summed E-state index contributed by atoms with van der Waals surface area (Å²) in [4.78, 5) is 12.2. The first-order chi connectivity index (χ1) is 9.31. The van der Waals surface area contributed by atoms with E-state index in [2.05, 4.69) is 17.6 Å². The zero-order chi connectivity index (χ0) is 13.5. The summed E-state index contributed by atoms with van der Waals surface area (Å²) >= 11 is 0. The Balaban J connectivity index is 1.71. The van der Waals surface area contributed by atoms with Crippen LogP contribution in [0.25, 0.3) is 0 Å². The van der Waals surface area contributed by atoms with Crippen LogP contribution in [0.1, 0.15) is 45.4 Å². The lowest BCUT2D eigenvalue weighted by atomic mass is 9.89. The number of carbonyl (C=O) groups is 1. The van der Waals surface area contributed by atoms with Crippen LogP contribution in [0.3, 0.4) is 0 Å². The summed E-state index contributed by atoms with van der Waals surface area (Å²) in [5.41, 5.74) is 0. The Kier molecular flexibility index (Phi) is 6.11. The molecule has 1 saturated carbocycles. The van der Waals surface area contributed by atoms with Crippen LogP contribution in [0.15, 0.2) is 0 Å². The molecule has 2 aliphatic rings. The molecule has 2 rings (SSSR count). The van der Waals surface area contributed by atoms with Gasteiger partial charge in [0.2, 0.25) is 5.91 Å². The predicted molar refractivity (Wildman–Crippen MR) is 76.0 cm³/mol. The molecule has 0 radical (unpaired) electrons. The second-order valence-corrected chi connectivity index (χ2v) is 5.95. The molecule has 1 amide bonds. The van der Waals surface area contributed by atoms with Crippen LogP contribution in [0, 0.1) is 11.8 Å². The van der Waals surface area contributed by atoms with Crippen molar-refractivity contribution in [3.05, 3.63) is 0 Å². The van der Waals surface area contributed by atoms with Gasteiger partial charge in [0.05, 0.1) is 19.1 Å². The summed E-state index contributed by atoms with van der Waals surface area (Å²) in [6.45, 7) is 5.19. The normalized spacial score (nSPS) is 28.5. The molecule has 0 aromatic heterocycles. The van der Waals surface area contributed by atoms with Gasteiger partial charge in [-0.15, -0.1) is 0 Å². The fraction of sp³-hybridized carbons (Fsp3) is 0.933. The largest absolute Gasteiger partial charge is 0.379 e. The number of amides is 1. The molecule has 4 heteroatoms. The van der Waals surface area contributed by atoms with Crippen LogP contribution in [0.5, 0.6) is 0 Å². The minimum atomic E-state index is -0.00450. The summed E-state index contributed by atoms with van der Waals surface area (Å²) in [7, 11) is 0. The molecule has 2 atom stereocenters. The maximum absolute atomic E-state index is 12.2. The Morgan fingerprint density at radius 3 is 2.74 bits per heavy atom. The zero-order valence-corrected chi connectivity index (χ0v) is 12.1. The van der Waals surface area contributed by atoms with Crippen LogP contribution >= 0.6 is 0 Å². The summed E-state index contributed by atoms with van der Waals surface area (Å²) in [5, 5.41) is 6.56. The minimum Gasteiger partial charge on any atom is -0.379 e. The van der Waals surface area contributed by atoms with Crippen molar-refractivity contribution in [3.8, 4) is 0 Å². The third kappa shape index (κ3) is 4.46. The van der Waals surface area contributed by atoms with E-state index in [1.807, 2.05) is 0 Å². The van der Waals surface area contributed by atoms with Crippen LogP contribution in [-0.4, -0.2) is 38.3 Å². The fourth-order valence-corrected chi connectivity index (χ4v) is 3.11. The van der Waals surface area contributed by atoms with Gasteiger partial charge in [-0.05, 0) is 31.7 Å². The maximum Gasteiger partial charge on any atom is 0.227 e. The van der Waals surface area contributed by atoms with Crippen LogP contribution in [0.4, 0.5) is 0 Å². The quantitative estimate of drug-likeness (QED) is 0.771. The van der Waals surface area contributed by atoms with E-state index in [9.17, 15) is 4.79 Å². The topological polar surface area (TPSA) is 50.4 Å². The van der Waals surface area contributed by atoms with E-state index in [1.165, 1.54) is 32.1 Å². The SMILES string of the molecule is CCCNC1COCC1C(=O)NCC1CCCCC1. The van der Waals surface area contributed by atoms with Gasteiger partial charge < -0.3 is 15.4 Å². The van der Waals surface area contributed by atoms with E-state index >= 15 is 0 Å².